The summed E-state index contributed by atoms with van der Waals surface area (Å²) in [5, 5.41) is 6.18. The number of halogens is 1. The molecule has 0 aliphatic heterocycles. The lowest BCUT2D eigenvalue weighted by Crippen LogP contribution is -2.25. The molecule has 0 aliphatic carbocycles. The van der Waals surface area contributed by atoms with Gasteiger partial charge in [0.05, 0.1) is 11.2 Å². The highest BCUT2D eigenvalue weighted by Gasteiger charge is 2.14. The molecular formula is C20H19ClN4O. The molecule has 132 valence electrons. The van der Waals surface area contributed by atoms with Crippen LogP contribution in [-0.2, 0) is 13.1 Å². The van der Waals surface area contributed by atoms with Gasteiger partial charge in [0.15, 0.2) is 5.69 Å². The van der Waals surface area contributed by atoms with Crippen molar-refractivity contribution in [2.45, 2.75) is 20.0 Å². The van der Waals surface area contributed by atoms with Gasteiger partial charge in [0, 0.05) is 13.1 Å². The molecule has 1 heterocycles. The summed E-state index contributed by atoms with van der Waals surface area (Å²) in [6.07, 6.45) is 1.44. The van der Waals surface area contributed by atoms with Crippen molar-refractivity contribution in [1.82, 2.24) is 15.3 Å². The van der Waals surface area contributed by atoms with E-state index in [2.05, 4.69) is 20.6 Å². The second-order valence-corrected chi connectivity index (χ2v) is 6.25. The quantitative estimate of drug-likeness (QED) is 0.692. The van der Waals surface area contributed by atoms with Crippen LogP contribution >= 0.6 is 11.6 Å². The van der Waals surface area contributed by atoms with Gasteiger partial charge in [0.25, 0.3) is 5.91 Å². The number of carbonyl (C=O) groups excluding carboxylic acids is 1. The van der Waals surface area contributed by atoms with E-state index in [4.69, 9.17) is 11.6 Å². The molecule has 26 heavy (non-hydrogen) atoms. The number of nitrogens with one attached hydrogen (secondary N) is 2. The third-order valence-electron chi connectivity index (χ3n) is 3.95. The summed E-state index contributed by atoms with van der Waals surface area (Å²) < 4.78 is 0. The zero-order valence-corrected chi connectivity index (χ0v) is 15.1. The van der Waals surface area contributed by atoms with Gasteiger partial charge in [-0.2, -0.15) is 0 Å². The van der Waals surface area contributed by atoms with Crippen LogP contribution in [0.2, 0.25) is 5.02 Å². The van der Waals surface area contributed by atoms with E-state index in [9.17, 15) is 4.79 Å². The van der Waals surface area contributed by atoms with Crippen LogP contribution in [0.3, 0.4) is 0 Å². The lowest BCUT2D eigenvalue weighted by atomic mass is 10.1. The van der Waals surface area contributed by atoms with E-state index in [1.807, 2.05) is 61.5 Å². The van der Waals surface area contributed by atoms with E-state index in [1.54, 1.807) is 0 Å². The van der Waals surface area contributed by atoms with Crippen LogP contribution in [0, 0.1) is 6.92 Å². The Hall–Kier alpha value is -2.92. The summed E-state index contributed by atoms with van der Waals surface area (Å²) in [5.41, 5.74) is 3.42. The number of anilines is 1. The van der Waals surface area contributed by atoms with Crippen molar-refractivity contribution in [1.29, 1.82) is 0 Å². The van der Waals surface area contributed by atoms with Crippen molar-refractivity contribution < 1.29 is 4.79 Å². The van der Waals surface area contributed by atoms with Crippen molar-refractivity contribution in [2.24, 2.45) is 0 Å². The second kappa shape index (κ2) is 8.45. The lowest BCUT2D eigenvalue weighted by Gasteiger charge is -2.10. The van der Waals surface area contributed by atoms with Gasteiger partial charge in [-0.15, -0.1) is 0 Å². The third-order valence-corrected chi connectivity index (χ3v) is 4.23. The van der Waals surface area contributed by atoms with E-state index < -0.39 is 0 Å². The number of benzene rings is 2. The average Bonchev–Trinajstić information content (AvgIpc) is 2.67. The minimum absolute atomic E-state index is 0.158. The van der Waals surface area contributed by atoms with Gasteiger partial charge < -0.3 is 10.6 Å². The highest BCUT2D eigenvalue weighted by atomic mass is 35.5. The van der Waals surface area contributed by atoms with Crippen LogP contribution in [0.4, 0.5) is 5.95 Å². The fraction of sp³-hybridized carbons (Fsp3) is 0.150. The van der Waals surface area contributed by atoms with Gasteiger partial charge in [-0.3, -0.25) is 4.79 Å². The average molecular weight is 367 g/mol. The molecule has 0 saturated heterocycles. The van der Waals surface area contributed by atoms with Crippen molar-refractivity contribution in [2.75, 3.05) is 5.32 Å². The summed E-state index contributed by atoms with van der Waals surface area (Å²) in [6, 6.07) is 17.8. The Morgan fingerprint density at radius 3 is 2.54 bits per heavy atom. The van der Waals surface area contributed by atoms with Gasteiger partial charge in [0.2, 0.25) is 5.95 Å². The topological polar surface area (TPSA) is 66.9 Å². The Kier molecular flexibility index (Phi) is 5.81. The predicted molar refractivity (Wildman–Crippen MR) is 103 cm³/mol. The van der Waals surface area contributed by atoms with E-state index >= 15 is 0 Å². The van der Waals surface area contributed by atoms with Crippen molar-refractivity contribution >= 4 is 23.5 Å². The summed E-state index contributed by atoms with van der Waals surface area (Å²) >= 11 is 6.11. The molecule has 0 atom stereocenters. The molecule has 5 nitrogen and oxygen atoms in total. The zero-order valence-electron chi connectivity index (χ0n) is 14.4. The second-order valence-electron chi connectivity index (χ2n) is 5.84. The van der Waals surface area contributed by atoms with E-state index in [0.29, 0.717) is 19.0 Å². The smallest absolute Gasteiger partial charge is 0.271 e. The van der Waals surface area contributed by atoms with Gasteiger partial charge >= 0.3 is 0 Å². The lowest BCUT2D eigenvalue weighted by molar-refractivity contribution is 0.0946. The summed E-state index contributed by atoms with van der Waals surface area (Å²) in [5.74, 6) is 0.0303. The largest absolute Gasteiger partial charge is 0.350 e. The number of nitrogens with zero attached hydrogens (tertiary/aromatic N) is 2. The molecule has 3 rings (SSSR count). The number of carbonyl (C=O) groups is 1. The van der Waals surface area contributed by atoms with Crippen LogP contribution in [0.5, 0.6) is 0 Å². The van der Waals surface area contributed by atoms with Crippen LogP contribution in [0.1, 0.15) is 27.2 Å². The standard InChI is InChI=1S/C20H19ClN4O/c1-14-7-5-6-10-16(14)12-22-19(26)18-17(21)13-24-20(25-18)23-11-15-8-3-2-4-9-15/h2-10,13H,11-12H2,1H3,(H,22,26)(H,23,24,25). The molecule has 2 aromatic carbocycles. The van der Waals surface area contributed by atoms with Crippen LogP contribution in [-0.4, -0.2) is 15.9 Å². The molecule has 1 amide bonds. The van der Waals surface area contributed by atoms with Gasteiger partial charge in [-0.25, -0.2) is 9.97 Å². The molecule has 0 radical (unpaired) electrons. The summed E-state index contributed by atoms with van der Waals surface area (Å²) in [6.45, 7) is 2.98. The first-order valence-corrected chi connectivity index (χ1v) is 8.64. The molecule has 2 N–H and O–H groups in total. The molecule has 0 aliphatic rings. The van der Waals surface area contributed by atoms with Gasteiger partial charge in [-0.1, -0.05) is 66.2 Å². The minimum Gasteiger partial charge on any atom is -0.350 e. The molecular weight excluding hydrogens is 348 g/mol. The molecule has 0 bridgehead atoms. The van der Waals surface area contributed by atoms with Crippen molar-refractivity contribution in [3.05, 3.63) is 88.2 Å². The van der Waals surface area contributed by atoms with Gasteiger partial charge in [0.1, 0.15) is 0 Å². The number of hydrogen-bond acceptors (Lipinski definition) is 4. The molecule has 6 heteroatoms. The SMILES string of the molecule is Cc1ccccc1CNC(=O)c1nc(NCc2ccccc2)ncc1Cl. The molecule has 0 spiro atoms. The minimum atomic E-state index is -0.330. The highest BCUT2D eigenvalue weighted by molar-refractivity contribution is 6.33. The first kappa shape index (κ1) is 17.9. The fourth-order valence-corrected chi connectivity index (χ4v) is 2.63. The van der Waals surface area contributed by atoms with E-state index in [-0.39, 0.29) is 16.6 Å². The van der Waals surface area contributed by atoms with Crippen molar-refractivity contribution in [3.63, 3.8) is 0 Å². The fourth-order valence-electron chi connectivity index (χ4n) is 2.46. The van der Waals surface area contributed by atoms with E-state index in [0.717, 1.165) is 16.7 Å². The Morgan fingerprint density at radius 2 is 1.77 bits per heavy atom. The first-order chi connectivity index (χ1) is 12.6. The third kappa shape index (κ3) is 4.58. The van der Waals surface area contributed by atoms with Crippen LogP contribution in [0.25, 0.3) is 0 Å². The molecule has 0 fully saturated rings. The molecule has 0 saturated carbocycles. The normalized spacial score (nSPS) is 10.4. The predicted octanol–water partition coefficient (Wildman–Crippen LogP) is 3.98. The number of rotatable bonds is 6. The number of aromatic nitrogens is 2. The highest BCUT2D eigenvalue weighted by Crippen LogP contribution is 2.15. The number of amides is 1. The molecule has 0 unspecified atom stereocenters. The Labute approximate surface area is 157 Å². The maximum absolute atomic E-state index is 12.5. The van der Waals surface area contributed by atoms with Crippen LogP contribution < -0.4 is 10.6 Å². The Bertz CT molecular complexity index is 899. The maximum atomic E-state index is 12.5. The summed E-state index contributed by atoms with van der Waals surface area (Å²) in [4.78, 5) is 20.9. The maximum Gasteiger partial charge on any atom is 0.271 e. The number of aryl methyl sites for hydroxylation is 1. The molecule has 1 aromatic heterocycles. The van der Waals surface area contributed by atoms with E-state index in [1.165, 1.54) is 6.20 Å². The molecule has 3 aromatic rings. The van der Waals surface area contributed by atoms with Gasteiger partial charge in [-0.05, 0) is 23.6 Å². The number of hydrogen-bond donors (Lipinski definition) is 2. The van der Waals surface area contributed by atoms with Crippen molar-refractivity contribution in [3.8, 4) is 0 Å². The Morgan fingerprint density at radius 1 is 1.04 bits per heavy atom. The summed E-state index contributed by atoms with van der Waals surface area (Å²) in [7, 11) is 0. The first-order valence-electron chi connectivity index (χ1n) is 8.26. The zero-order chi connectivity index (χ0) is 18.4. The Balaban J connectivity index is 1.66. The van der Waals surface area contributed by atoms with Crippen LogP contribution in [0.15, 0.2) is 60.8 Å². The monoisotopic (exact) mass is 366 g/mol.